The van der Waals surface area contributed by atoms with Crippen LogP contribution in [0.25, 0.3) is 0 Å². The number of carbonyl (C=O) groups is 2. The lowest BCUT2D eigenvalue weighted by molar-refractivity contribution is 0.0708. The Morgan fingerprint density at radius 3 is 2.27 bits per heavy atom. The molecular formula is C18H18Cl2N4O2. The number of halogens is 2. The second-order valence-corrected chi connectivity index (χ2v) is 6.81. The van der Waals surface area contributed by atoms with E-state index in [4.69, 9.17) is 23.2 Å². The fourth-order valence-corrected chi connectivity index (χ4v) is 3.33. The number of anilines is 1. The van der Waals surface area contributed by atoms with Crippen molar-refractivity contribution in [1.29, 1.82) is 0 Å². The molecule has 1 aromatic heterocycles. The largest absolute Gasteiger partial charge is 0.338 e. The molecule has 2 N–H and O–H groups in total. The Morgan fingerprint density at radius 1 is 1.04 bits per heavy atom. The van der Waals surface area contributed by atoms with E-state index in [9.17, 15) is 9.59 Å². The van der Waals surface area contributed by atoms with Crippen molar-refractivity contribution >= 4 is 40.8 Å². The van der Waals surface area contributed by atoms with Gasteiger partial charge in [-0.05, 0) is 37.1 Å². The van der Waals surface area contributed by atoms with E-state index in [1.165, 1.54) is 12.1 Å². The summed E-state index contributed by atoms with van der Waals surface area (Å²) < 4.78 is 0. The van der Waals surface area contributed by atoms with Crippen LogP contribution in [0.5, 0.6) is 0 Å². The number of pyridine rings is 1. The number of aromatic nitrogens is 1. The summed E-state index contributed by atoms with van der Waals surface area (Å²) in [7, 11) is 0. The summed E-state index contributed by atoms with van der Waals surface area (Å²) in [4.78, 5) is 30.2. The third-order valence-electron chi connectivity index (χ3n) is 4.16. The average Bonchev–Trinajstić information content (AvgIpc) is 2.61. The van der Waals surface area contributed by atoms with Crippen LogP contribution in [-0.4, -0.2) is 41.0 Å². The highest BCUT2D eigenvalue weighted by atomic mass is 35.5. The zero-order valence-electron chi connectivity index (χ0n) is 13.9. The summed E-state index contributed by atoms with van der Waals surface area (Å²) in [5, 5.41) is 6.12. The van der Waals surface area contributed by atoms with E-state index in [-0.39, 0.29) is 28.3 Å². The van der Waals surface area contributed by atoms with E-state index in [1.54, 1.807) is 4.90 Å². The van der Waals surface area contributed by atoms with E-state index in [1.807, 2.05) is 30.3 Å². The zero-order valence-corrected chi connectivity index (χ0v) is 15.4. The number of nitrogens with zero attached hydrogens (tertiary/aromatic N) is 2. The minimum absolute atomic E-state index is 0.0207. The lowest BCUT2D eigenvalue weighted by Crippen LogP contribution is -2.47. The van der Waals surface area contributed by atoms with Gasteiger partial charge in [-0.2, -0.15) is 0 Å². The van der Waals surface area contributed by atoms with E-state index >= 15 is 0 Å². The van der Waals surface area contributed by atoms with E-state index < -0.39 is 0 Å². The molecule has 0 radical (unpaired) electrons. The molecule has 1 saturated heterocycles. The van der Waals surface area contributed by atoms with Gasteiger partial charge in [0.15, 0.2) is 0 Å². The Labute approximate surface area is 161 Å². The molecule has 0 unspecified atom stereocenters. The maximum atomic E-state index is 12.6. The fraction of sp³-hybridized carbons (Fsp3) is 0.278. The smallest absolute Gasteiger partial charge is 0.319 e. The Hall–Kier alpha value is -2.31. The van der Waals surface area contributed by atoms with Gasteiger partial charge in [0.05, 0.1) is 0 Å². The monoisotopic (exact) mass is 392 g/mol. The predicted octanol–water partition coefficient (Wildman–Crippen LogP) is 3.81. The molecule has 0 saturated carbocycles. The third-order valence-corrected chi connectivity index (χ3v) is 4.55. The molecule has 1 fully saturated rings. The van der Waals surface area contributed by atoms with Crippen molar-refractivity contribution in [2.24, 2.45) is 0 Å². The van der Waals surface area contributed by atoms with Crippen molar-refractivity contribution in [3.05, 3.63) is 58.3 Å². The number of para-hydroxylation sites is 1. The first-order chi connectivity index (χ1) is 12.5. The molecular weight excluding hydrogens is 375 g/mol. The summed E-state index contributed by atoms with van der Waals surface area (Å²) in [6, 6.07) is 12.0. The molecule has 1 aliphatic rings. The van der Waals surface area contributed by atoms with Crippen LogP contribution in [0.2, 0.25) is 10.3 Å². The molecule has 2 heterocycles. The van der Waals surface area contributed by atoms with Crippen molar-refractivity contribution < 1.29 is 9.59 Å². The van der Waals surface area contributed by atoms with Crippen molar-refractivity contribution in [2.75, 3.05) is 18.4 Å². The van der Waals surface area contributed by atoms with Crippen LogP contribution >= 0.6 is 23.2 Å². The molecule has 1 aromatic carbocycles. The fourth-order valence-electron chi connectivity index (χ4n) is 2.87. The minimum Gasteiger partial charge on any atom is -0.338 e. The third kappa shape index (κ3) is 4.86. The minimum atomic E-state index is -0.242. The number of benzene rings is 1. The molecule has 6 nitrogen and oxygen atoms in total. The van der Waals surface area contributed by atoms with E-state index in [2.05, 4.69) is 15.6 Å². The van der Waals surface area contributed by atoms with Gasteiger partial charge in [-0.1, -0.05) is 41.4 Å². The van der Waals surface area contributed by atoms with Crippen LogP contribution in [-0.2, 0) is 0 Å². The summed E-state index contributed by atoms with van der Waals surface area (Å²) in [5.74, 6) is -0.136. The highest BCUT2D eigenvalue weighted by molar-refractivity contribution is 6.33. The van der Waals surface area contributed by atoms with Crippen molar-refractivity contribution in [1.82, 2.24) is 15.2 Å². The number of rotatable bonds is 3. The van der Waals surface area contributed by atoms with Gasteiger partial charge in [0, 0.05) is 30.4 Å². The molecule has 0 bridgehead atoms. The van der Waals surface area contributed by atoms with Gasteiger partial charge >= 0.3 is 6.03 Å². The number of amides is 3. The summed E-state index contributed by atoms with van der Waals surface area (Å²) in [6.45, 7) is 1.10. The van der Waals surface area contributed by atoms with Crippen molar-refractivity contribution in [3.8, 4) is 0 Å². The van der Waals surface area contributed by atoms with Crippen LogP contribution in [0, 0.1) is 0 Å². The maximum absolute atomic E-state index is 12.6. The normalized spacial score (nSPS) is 14.8. The summed E-state index contributed by atoms with van der Waals surface area (Å²) >= 11 is 11.7. The first-order valence-corrected chi connectivity index (χ1v) is 9.02. The summed E-state index contributed by atoms with van der Waals surface area (Å²) in [5.41, 5.74) is 1.16. The van der Waals surface area contributed by atoms with Crippen LogP contribution in [0.3, 0.4) is 0 Å². The number of piperidine rings is 1. The number of likely N-dealkylation sites (tertiary alicyclic amines) is 1. The molecule has 8 heteroatoms. The number of carbonyl (C=O) groups excluding carboxylic acids is 2. The molecule has 26 heavy (non-hydrogen) atoms. The van der Waals surface area contributed by atoms with Crippen molar-refractivity contribution in [2.45, 2.75) is 18.9 Å². The first-order valence-electron chi connectivity index (χ1n) is 8.26. The lowest BCUT2D eigenvalue weighted by atomic mass is 10.0. The topological polar surface area (TPSA) is 74.3 Å². The standard InChI is InChI=1S/C18H18Cl2N4O2/c19-15-10-12(11-16(20)23-15)17(25)24-8-6-14(7-9-24)22-18(26)21-13-4-2-1-3-5-13/h1-5,10-11,14H,6-9H2,(H2,21,22,26). The quantitative estimate of drug-likeness (QED) is 0.779. The zero-order chi connectivity index (χ0) is 18.5. The van der Waals surface area contributed by atoms with Crippen molar-refractivity contribution in [3.63, 3.8) is 0 Å². The summed E-state index contributed by atoms with van der Waals surface area (Å²) in [6.07, 6.45) is 1.36. The Bertz CT molecular complexity index is 773. The number of hydrogen-bond acceptors (Lipinski definition) is 3. The lowest BCUT2D eigenvalue weighted by Gasteiger charge is -2.32. The highest BCUT2D eigenvalue weighted by Gasteiger charge is 2.25. The highest BCUT2D eigenvalue weighted by Crippen LogP contribution is 2.19. The second kappa shape index (κ2) is 8.38. The molecule has 2 aromatic rings. The number of urea groups is 1. The molecule has 0 spiro atoms. The first kappa shape index (κ1) is 18.5. The molecule has 3 amide bonds. The van der Waals surface area contributed by atoms with Crippen LogP contribution < -0.4 is 10.6 Å². The van der Waals surface area contributed by atoms with Gasteiger partial charge in [0.1, 0.15) is 10.3 Å². The molecule has 1 aliphatic heterocycles. The number of hydrogen-bond donors (Lipinski definition) is 2. The van der Waals surface area contributed by atoms with E-state index in [0.29, 0.717) is 31.5 Å². The van der Waals surface area contributed by atoms with Gasteiger partial charge in [-0.25, -0.2) is 9.78 Å². The van der Waals surface area contributed by atoms with Crippen LogP contribution in [0.15, 0.2) is 42.5 Å². The van der Waals surface area contributed by atoms with Gasteiger partial charge in [0.2, 0.25) is 0 Å². The van der Waals surface area contributed by atoms with Gasteiger partial charge in [0.25, 0.3) is 5.91 Å². The number of nitrogens with one attached hydrogen (secondary N) is 2. The SMILES string of the molecule is O=C(Nc1ccccc1)NC1CCN(C(=O)c2cc(Cl)nc(Cl)c2)CC1. The Morgan fingerprint density at radius 2 is 1.65 bits per heavy atom. The predicted molar refractivity (Wildman–Crippen MR) is 102 cm³/mol. The van der Waals surface area contributed by atoms with Crippen LogP contribution in [0.1, 0.15) is 23.2 Å². The maximum Gasteiger partial charge on any atom is 0.319 e. The van der Waals surface area contributed by atoms with Gasteiger partial charge in [-0.15, -0.1) is 0 Å². The molecule has 136 valence electrons. The van der Waals surface area contributed by atoms with Gasteiger partial charge < -0.3 is 15.5 Å². The Kier molecular flexibility index (Phi) is 5.96. The van der Waals surface area contributed by atoms with Gasteiger partial charge in [-0.3, -0.25) is 4.79 Å². The molecule has 3 rings (SSSR count). The van der Waals surface area contributed by atoms with Crippen LogP contribution in [0.4, 0.5) is 10.5 Å². The Balaban J connectivity index is 1.51. The second-order valence-electron chi connectivity index (χ2n) is 6.03. The molecule has 0 atom stereocenters. The molecule has 0 aliphatic carbocycles. The van der Waals surface area contributed by atoms with E-state index in [0.717, 1.165) is 5.69 Å². The average molecular weight is 393 g/mol.